The average molecular weight is 468 g/mol. The third-order valence-corrected chi connectivity index (χ3v) is 7.38. The van der Waals surface area contributed by atoms with Gasteiger partial charge in [0, 0.05) is 38.3 Å². The van der Waals surface area contributed by atoms with Crippen molar-refractivity contribution in [1.29, 1.82) is 0 Å². The first-order valence-corrected chi connectivity index (χ1v) is 11.5. The van der Waals surface area contributed by atoms with Gasteiger partial charge >= 0.3 is 0 Å². The van der Waals surface area contributed by atoms with Gasteiger partial charge in [-0.1, -0.05) is 48.0 Å². The smallest absolute Gasteiger partial charge is 0.248 e. The molecule has 2 atom stereocenters. The van der Waals surface area contributed by atoms with Crippen LogP contribution >= 0.6 is 26.6 Å². The standard InChI is InChI=1S/C23H22BrN3OS/c1-3-29(19-10-4-15(2)5-11-19)27-14-21(20-12-18(24)13-26-23(20)27)16-6-8-17(9-7-16)22(25)28/h3-4,6-15H,5H2,1-2H3,(H2,25,28). The van der Waals surface area contributed by atoms with Crippen LogP contribution in [0.15, 0.2) is 70.3 Å². The Hall–Kier alpha value is -2.44. The Balaban J connectivity index is 1.88. The van der Waals surface area contributed by atoms with E-state index in [-0.39, 0.29) is 10.7 Å². The highest BCUT2D eigenvalue weighted by molar-refractivity contribution is 9.10. The number of hydrogen-bond acceptors (Lipinski definition) is 2. The van der Waals surface area contributed by atoms with Crippen LogP contribution in [-0.2, 0) is 0 Å². The second kappa shape index (κ2) is 8.13. The summed E-state index contributed by atoms with van der Waals surface area (Å²) in [4.78, 5) is 17.5. The minimum atomic E-state index is -0.421. The zero-order chi connectivity index (χ0) is 20.5. The van der Waals surface area contributed by atoms with Gasteiger partial charge in [-0.05, 0) is 64.3 Å². The van der Waals surface area contributed by atoms with Gasteiger partial charge in [0.2, 0.25) is 5.91 Å². The SMILES string of the molecule is C/C=S(\C1=CCC(C)C=C1)n1cc(-c2ccc(C(N)=O)cc2)c2cc(Br)cnc21. The maximum absolute atomic E-state index is 11.4. The van der Waals surface area contributed by atoms with Gasteiger partial charge in [-0.15, -0.1) is 0 Å². The zero-order valence-corrected chi connectivity index (χ0v) is 18.7. The van der Waals surface area contributed by atoms with E-state index >= 15 is 0 Å². The minimum Gasteiger partial charge on any atom is -0.366 e. The van der Waals surface area contributed by atoms with Crippen molar-refractivity contribution in [2.24, 2.45) is 11.7 Å². The normalized spacial score (nSPS) is 17.5. The van der Waals surface area contributed by atoms with Crippen LogP contribution in [0.1, 0.15) is 30.6 Å². The molecule has 2 aromatic heterocycles. The topological polar surface area (TPSA) is 60.9 Å². The quantitative estimate of drug-likeness (QED) is 0.485. The largest absolute Gasteiger partial charge is 0.366 e. The van der Waals surface area contributed by atoms with Crippen LogP contribution in [-0.4, -0.2) is 20.2 Å². The van der Waals surface area contributed by atoms with Crippen LogP contribution in [0.2, 0.25) is 0 Å². The van der Waals surface area contributed by atoms with Crippen LogP contribution < -0.4 is 5.73 Å². The average Bonchev–Trinajstić information content (AvgIpc) is 3.08. The summed E-state index contributed by atoms with van der Waals surface area (Å²) in [7, 11) is -0.228. The molecule has 29 heavy (non-hydrogen) atoms. The Morgan fingerprint density at radius 3 is 2.72 bits per heavy atom. The van der Waals surface area contributed by atoms with Crippen LogP contribution in [0.4, 0.5) is 0 Å². The van der Waals surface area contributed by atoms with Crippen molar-refractivity contribution in [3.63, 3.8) is 0 Å². The number of carbonyl (C=O) groups is 1. The number of pyridine rings is 1. The lowest BCUT2D eigenvalue weighted by atomic mass is 10.0. The second-order valence-corrected chi connectivity index (χ2v) is 9.94. The van der Waals surface area contributed by atoms with Gasteiger partial charge in [-0.3, -0.25) is 8.77 Å². The lowest BCUT2D eigenvalue weighted by Crippen LogP contribution is -2.10. The number of carbonyl (C=O) groups excluding carboxylic acids is 1. The van der Waals surface area contributed by atoms with E-state index in [1.165, 1.54) is 4.91 Å². The van der Waals surface area contributed by atoms with Gasteiger partial charge < -0.3 is 5.73 Å². The first-order chi connectivity index (χ1) is 14.0. The molecule has 148 valence electrons. The van der Waals surface area contributed by atoms with Crippen LogP contribution in [0.3, 0.4) is 0 Å². The molecular formula is C23H22BrN3OS. The summed E-state index contributed by atoms with van der Waals surface area (Å²) in [6.45, 7) is 4.33. The van der Waals surface area contributed by atoms with Gasteiger partial charge in [0.05, 0.1) is 0 Å². The van der Waals surface area contributed by atoms with Crippen LogP contribution in [0, 0.1) is 5.92 Å². The van der Waals surface area contributed by atoms with Crippen molar-refractivity contribution in [3.05, 3.63) is 75.9 Å². The summed E-state index contributed by atoms with van der Waals surface area (Å²) < 4.78 is 3.19. The number of amides is 1. The molecule has 1 aromatic carbocycles. The summed E-state index contributed by atoms with van der Waals surface area (Å²) >= 11 is 3.56. The monoisotopic (exact) mass is 467 g/mol. The maximum Gasteiger partial charge on any atom is 0.248 e. The summed E-state index contributed by atoms with van der Waals surface area (Å²) in [6, 6.07) is 9.52. The Labute approximate surface area is 181 Å². The Kier molecular flexibility index (Phi) is 5.56. The fourth-order valence-corrected chi connectivity index (χ4v) is 5.57. The fraction of sp³-hybridized carbons (Fsp3) is 0.174. The molecular weight excluding hydrogens is 446 g/mol. The number of nitrogens with zero attached hydrogens (tertiary/aromatic N) is 2. The lowest BCUT2D eigenvalue weighted by molar-refractivity contribution is 0.100. The molecule has 0 saturated heterocycles. The molecule has 0 fully saturated rings. The molecule has 2 N–H and O–H groups in total. The molecule has 3 aromatic rings. The van der Waals surface area contributed by atoms with E-state index in [0.717, 1.165) is 33.1 Å². The van der Waals surface area contributed by atoms with E-state index < -0.39 is 5.91 Å². The molecule has 1 aliphatic carbocycles. The number of benzene rings is 1. The zero-order valence-electron chi connectivity index (χ0n) is 16.3. The molecule has 0 radical (unpaired) electrons. The van der Waals surface area contributed by atoms with Gasteiger partial charge in [0.25, 0.3) is 0 Å². The summed E-state index contributed by atoms with van der Waals surface area (Å²) in [6.07, 6.45) is 11.9. The van der Waals surface area contributed by atoms with Gasteiger partial charge in [-0.25, -0.2) is 4.98 Å². The number of primary amides is 1. The number of fused-ring (bicyclic) bond motifs is 1. The Bertz CT molecular complexity index is 1190. The number of halogens is 1. The highest BCUT2D eigenvalue weighted by Crippen LogP contribution is 2.39. The fourth-order valence-electron chi connectivity index (χ4n) is 3.47. The maximum atomic E-state index is 11.4. The third-order valence-electron chi connectivity index (χ3n) is 5.02. The lowest BCUT2D eigenvalue weighted by Gasteiger charge is -2.17. The molecule has 2 heterocycles. The number of allylic oxidation sites excluding steroid dienone is 3. The summed E-state index contributed by atoms with van der Waals surface area (Å²) in [5.74, 6) is 0.159. The molecule has 0 saturated carbocycles. The van der Waals surface area contributed by atoms with E-state index in [0.29, 0.717) is 11.5 Å². The molecule has 4 rings (SSSR count). The number of nitrogens with two attached hydrogens (primary N) is 1. The highest BCUT2D eigenvalue weighted by Gasteiger charge is 2.16. The van der Waals surface area contributed by atoms with Gasteiger partial charge in [0.15, 0.2) is 0 Å². The summed E-state index contributed by atoms with van der Waals surface area (Å²) in [5, 5.41) is 3.30. The number of rotatable bonds is 4. The molecule has 4 nitrogen and oxygen atoms in total. The molecule has 0 aliphatic heterocycles. The van der Waals surface area contributed by atoms with Gasteiger partial charge in [0.1, 0.15) is 5.65 Å². The molecule has 0 bridgehead atoms. The molecule has 1 aliphatic rings. The van der Waals surface area contributed by atoms with Crippen molar-refractivity contribution in [2.75, 3.05) is 0 Å². The van der Waals surface area contributed by atoms with Gasteiger partial charge in [-0.2, -0.15) is 0 Å². The van der Waals surface area contributed by atoms with E-state index in [2.05, 4.69) is 69.6 Å². The molecule has 1 amide bonds. The second-order valence-electron chi connectivity index (χ2n) is 7.06. The van der Waals surface area contributed by atoms with E-state index in [1.807, 2.05) is 18.3 Å². The van der Waals surface area contributed by atoms with Crippen molar-refractivity contribution < 1.29 is 4.79 Å². The first kappa shape index (κ1) is 19.9. The number of aromatic nitrogens is 2. The third kappa shape index (κ3) is 3.87. The van der Waals surface area contributed by atoms with E-state index in [9.17, 15) is 4.79 Å². The molecule has 2 unspecified atom stereocenters. The van der Waals surface area contributed by atoms with E-state index in [1.54, 1.807) is 12.1 Å². The first-order valence-electron chi connectivity index (χ1n) is 9.46. The predicted molar refractivity (Wildman–Crippen MR) is 127 cm³/mol. The number of hydrogen-bond donors (Lipinski definition) is 1. The van der Waals surface area contributed by atoms with Crippen LogP contribution in [0.5, 0.6) is 0 Å². The van der Waals surface area contributed by atoms with Crippen molar-refractivity contribution >= 4 is 48.9 Å². The van der Waals surface area contributed by atoms with Crippen molar-refractivity contribution in [1.82, 2.24) is 8.96 Å². The van der Waals surface area contributed by atoms with Crippen molar-refractivity contribution in [3.8, 4) is 11.1 Å². The Morgan fingerprint density at radius 1 is 1.34 bits per heavy atom. The molecule has 6 heteroatoms. The van der Waals surface area contributed by atoms with E-state index in [4.69, 9.17) is 10.7 Å². The van der Waals surface area contributed by atoms with Crippen LogP contribution in [0.25, 0.3) is 22.2 Å². The summed E-state index contributed by atoms with van der Waals surface area (Å²) in [5.41, 5.74) is 8.95. The Morgan fingerprint density at radius 2 is 2.10 bits per heavy atom. The minimum absolute atomic E-state index is 0.228. The predicted octanol–water partition coefficient (Wildman–Crippen LogP) is 5.90. The molecule has 0 spiro atoms. The van der Waals surface area contributed by atoms with Crippen molar-refractivity contribution in [2.45, 2.75) is 20.3 Å². The highest BCUT2D eigenvalue weighted by atomic mass is 79.9.